The molecule has 0 aliphatic rings. The highest BCUT2D eigenvalue weighted by molar-refractivity contribution is 6.00. The van der Waals surface area contributed by atoms with E-state index in [2.05, 4.69) is 5.32 Å². The van der Waals surface area contributed by atoms with Gasteiger partial charge in [-0.25, -0.2) is 8.78 Å². The van der Waals surface area contributed by atoms with Gasteiger partial charge in [0.15, 0.2) is 11.6 Å². The van der Waals surface area contributed by atoms with Crippen LogP contribution in [-0.4, -0.2) is 24.9 Å². The normalized spacial score (nSPS) is 10.5. The van der Waals surface area contributed by atoms with Gasteiger partial charge in [0, 0.05) is 37.5 Å². The number of nitrogens with zero attached hydrogens (tertiary/aromatic N) is 1. The van der Waals surface area contributed by atoms with Crippen molar-refractivity contribution >= 4 is 11.6 Å². The van der Waals surface area contributed by atoms with E-state index in [1.54, 1.807) is 31.1 Å². The molecule has 0 aliphatic carbocycles. The fourth-order valence-electron chi connectivity index (χ4n) is 2.81. The smallest absolute Gasteiger partial charge is 0.253 e. The average molecular weight is 366 g/mol. The summed E-state index contributed by atoms with van der Waals surface area (Å²) in [5.41, 5.74) is 3.42. The summed E-state index contributed by atoms with van der Waals surface area (Å²) in [5.74, 6) is -1.75. The number of benzene rings is 3. The van der Waals surface area contributed by atoms with Gasteiger partial charge in [0.05, 0.1) is 0 Å². The summed E-state index contributed by atoms with van der Waals surface area (Å²) in [7, 11) is 3.44. The zero-order valence-electron chi connectivity index (χ0n) is 15.2. The average Bonchev–Trinajstić information content (AvgIpc) is 2.69. The van der Waals surface area contributed by atoms with E-state index in [4.69, 9.17) is 0 Å². The summed E-state index contributed by atoms with van der Waals surface area (Å²) in [4.78, 5) is 13.9. The molecule has 0 aromatic heterocycles. The van der Waals surface area contributed by atoms with E-state index < -0.39 is 11.6 Å². The fourth-order valence-corrected chi connectivity index (χ4v) is 2.81. The van der Waals surface area contributed by atoms with Crippen molar-refractivity contribution in [2.45, 2.75) is 6.54 Å². The van der Waals surface area contributed by atoms with Crippen molar-refractivity contribution in [3.05, 3.63) is 89.5 Å². The highest BCUT2D eigenvalue weighted by Crippen LogP contribution is 2.26. The van der Waals surface area contributed by atoms with Crippen LogP contribution >= 0.6 is 0 Å². The maximum Gasteiger partial charge on any atom is 0.253 e. The SMILES string of the molecule is CN(C)C(=O)c1ccccc1-c1ccc(NCc2cccc(F)c2F)cc1. The quantitative estimate of drug-likeness (QED) is 0.693. The van der Waals surface area contributed by atoms with Crippen LogP contribution in [0.2, 0.25) is 0 Å². The Hall–Kier alpha value is -3.21. The molecule has 0 saturated heterocycles. The van der Waals surface area contributed by atoms with Crippen LogP contribution in [0.5, 0.6) is 0 Å². The first-order valence-electron chi connectivity index (χ1n) is 8.55. The van der Waals surface area contributed by atoms with Crippen molar-refractivity contribution in [1.82, 2.24) is 4.90 Å². The van der Waals surface area contributed by atoms with Crippen LogP contribution in [0.25, 0.3) is 11.1 Å². The lowest BCUT2D eigenvalue weighted by Crippen LogP contribution is -2.22. The zero-order valence-corrected chi connectivity index (χ0v) is 15.2. The molecule has 3 rings (SSSR count). The minimum atomic E-state index is -0.855. The Morgan fingerprint density at radius 2 is 1.63 bits per heavy atom. The number of carbonyl (C=O) groups is 1. The van der Waals surface area contributed by atoms with Crippen molar-refractivity contribution in [1.29, 1.82) is 0 Å². The Bertz CT molecular complexity index is 953. The minimum Gasteiger partial charge on any atom is -0.381 e. The van der Waals surface area contributed by atoms with Crippen molar-refractivity contribution in [3.63, 3.8) is 0 Å². The standard InChI is InChI=1S/C22H20F2N2O/c1-26(2)22(27)19-8-4-3-7-18(19)15-10-12-17(13-11-15)25-14-16-6-5-9-20(23)21(16)24/h3-13,25H,14H2,1-2H3. The van der Waals surface area contributed by atoms with E-state index in [1.165, 1.54) is 6.07 Å². The molecule has 0 aliphatic heterocycles. The number of rotatable bonds is 5. The number of carbonyl (C=O) groups excluding carboxylic acids is 1. The monoisotopic (exact) mass is 366 g/mol. The molecule has 0 bridgehead atoms. The second-order valence-corrected chi connectivity index (χ2v) is 6.39. The lowest BCUT2D eigenvalue weighted by molar-refractivity contribution is 0.0828. The molecule has 0 spiro atoms. The molecule has 0 saturated carbocycles. The van der Waals surface area contributed by atoms with Crippen LogP contribution in [0.4, 0.5) is 14.5 Å². The van der Waals surface area contributed by atoms with Crippen molar-refractivity contribution < 1.29 is 13.6 Å². The van der Waals surface area contributed by atoms with Gasteiger partial charge in [0.1, 0.15) is 0 Å². The molecule has 0 heterocycles. The van der Waals surface area contributed by atoms with Gasteiger partial charge in [-0.3, -0.25) is 4.79 Å². The number of hydrogen-bond acceptors (Lipinski definition) is 2. The molecule has 3 aromatic rings. The number of amides is 1. The molecule has 0 atom stereocenters. The molecule has 0 radical (unpaired) electrons. The van der Waals surface area contributed by atoms with Crippen LogP contribution in [-0.2, 0) is 6.54 Å². The molecule has 3 nitrogen and oxygen atoms in total. The molecular formula is C22H20F2N2O. The molecule has 0 unspecified atom stereocenters. The van der Waals surface area contributed by atoms with Gasteiger partial charge in [-0.15, -0.1) is 0 Å². The summed E-state index contributed by atoms with van der Waals surface area (Å²) >= 11 is 0. The third kappa shape index (κ3) is 4.14. The number of anilines is 1. The molecule has 1 N–H and O–H groups in total. The van der Waals surface area contributed by atoms with Crippen molar-refractivity contribution in [3.8, 4) is 11.1 Å². The summed E-state index contributed by atoms with van der Waals surface area (Å²) in [6, 6.07) is 19.0. The number of halogens is 2. The number of hydrogen-bond donors (Lipinski definition) is 1. The van der Waals surface area contributed by atoms with Gasteiger partial charge < -0.3 is 10.2 Å². The Balaban J connectivity index is 1.78. The van der Waals surface area contributed by atoms with Gasteiger partial charge in [-0.1, -0.05) is 42.5 Å². The molecule has 27 heavy (non-hydrogen) atoms. The Kier molecular flexibility index (Phi) is 5.50. The molecule has 138 valence electrons. The lowest BCUT2D eigenvalue weighted by atomic mass is 9.98. The predicted molar refractivity (Wildman–Crippen MR) is 104 cm³/mol. The summed E-state index contributed by atoms with van der Waals surface area (Å²) in [5, 5.41) is 3.08. The first-order valence-corrected chi connectivity index (χ1v) is 8.55. The third-order valence-electron chi connectivity index (χ3n) is 4.27. The van der Waals surface area contributed by atoms with Crippen molar-refractivity contribution in [2.75, 3.05) is 19.4 Å². The zero-order chi connectivity index (χ0) is 19.4. The van der Waals surface area contributed by atoms with E-state index in [0.717, 1.165) is 22.9 Å². The van der Waals surface area contributed by atoms with Gasteiger partial charge >= 0.3 is 0 Å². The number of nitrogens with one attached hydrogen (secondary N) is 1. The topological polar surface area (TPSA) is 32.3 Å². The maximum atomic E-state index is 13.7. The van der Waals surface area contributed by atoms with E-state index in [0.29, 0.717) is 5.56 Å². The van der Waals surface area contributed by atoms with E-state index in [9.17, 15) is 13.6 Å². The van der Waals surface area contributed by atoms with E-state index >= 15 is 0 Å². The van der Waals surface area contributed by atoms with Crippen LogP contribution < -0.4 is 5.32 Å². The minimum absolute atomic E-state index is 0.0608. The van der Waals surface area contributed by atoms with Gasteiger partial charge in [-0.2, -0.15) is 0 Å². The van der Waals surface area contributed by atoms with Gasteiger partial charge in [0.25, 0.3) is 5.91 Å². The van der Waals surface area contributed by atoms with Crippen LogP contribution in [0.1, 0.15) is 15.9 Å². The Labute approximate surface area is 157 Å². The summed E-state index contributed by atoms with van der Waals surface area (Å²) < 4.78 is 27.0. The second-order valence-electron chi connectivity index (χ2n) is 6.39. The highest BCUT2D eigenvalue weighted by atomic mass is 19.2. The summed E-state index contributed by atoms with van der Waals surface area (Å²) in [6.45, 7) is 0.179. The first-order chi connectivity index (χ1) is 13.0. The second kappa shape index (κ2) is 7.99. The predicted octanol–water partition coefficient (Wildman–Crippen LogP) is 4.95. The van der Waals surface area contributed by atoms with Gasteiger partial charge in [0.2, 0.25) is 0 Å². The van der Waals surface area contributed by atoms with Crippen molar-refractivity contribution in [2.24, 2.45) is 0 Å². The molecular weight excluding hydrogens is 346 g/mol. The fraction of sp³-hybridized carbons (Fsp3) is 0.136. The van der Waals surface area contributed by atoms with Crippen LogP contribution in [0.15, 0.2) is 66.7 Å². The third-order valence-corrected chi connectivity index (χ3v) is 4.27. The molecule has 0 fully saturated rings. The van der Waals surface area contributed by atoms with Gasteiger partial charge in [-0.05, 0) is 35.4 Å². The van der Waals surface area contributed by atoms with Crippen LogP contribution in [0, 0.1) is 11.6 Å². The van der Waals surface area contributed by atoms with E-state index in [1.807, 2.05) is 42.5 Å². The largest absolute Gasteiger partial charge is 0.381 e. The Morgan fingerprint density at radius 1 is 0.926 bits per heavy atom. The molecule has 5 heteroatoms. The maximum absolute atomic E-state index is 13.7. The summed E-state index contributed by atoms with van der Waals surface area (Å²) in [6.07, 6.45) is 0. The highest BCUT2D eigenvalue weighted by Gasteiger charge is 2.14. The van der Waals surface area contributed by atoms with E-state index in [-0.39, 0.29) is 18.0 Å². The molecule has 3 aromatic carbocycles. The first kappa shape index (κ1) is 18.6. The van der Waals surface area contributed by atoms with Crippen LogP contribution in [0.3, 0.4) is 0 Å². The lowest BCUT2D eigenvalue weighted by Gasteiger charge is -2.14. The molecule has 1 amide bonds. The Morgan fingerprint density at radius 3 is 2.33 bits per heavy atom.